The van der Waals surface area contributed by atoms with Crippen LogP contribution in [0.4, 0.5) is 0 Å². The van der Waals surface area contributed by atoms with Gasteiger partial charge in [0.1, 0.15) is 6.04 Å². The highest BCUT2D eigenvalue weighted by atomic mass is 32.2. The number of hydrazone groups is 1. The summed E-state index contributed by atoms with van der Waals surface area (Å²) in [6.07, 6.45) is 8.27. The van der Waals surface area contributed by atoms with Crippen molar-refractivity contribution >= 4 is 34.5 Å². The van der Waals surface area contributed by atoms with Gasteiger partial charge < -0.3 is 19.7 Å². The van der Waals surface area contributed by atoms with Crippen molar-refractivity contribution in [3.63, 3.8) is 0 Å². The zero-order chi connectivity index (χ0) is 24.3. The van der Waals surface area contributed by atoms with Crippen molar-refractivity contribution < 1.29 is 23.9 Å². The SMILES string of the molecule is CC[C@@H]1CSC(=NNC(=O)C(=O)[C@H](NC(=O)C2CCCCCC2)C2CCOCC2)N1CCOC. The van der Waals surface area contributed by atoms with Crippen molar-refractivity contribution in [1.82, 2.24) is 15.6 Å². The quantitative estimate of drug-likeness (QED) is 0.271. The number of rotatable bonds is 10. The number of ketones is 1. The minimum atomic E-state index is -0.843. The standard InChI is InChI=1S/C24H40N4O5S/c1-3-19-16-34-24(28(19)12-15-32-2)27-26-23(31)21(29)20(17-10-13-33-14-11-17)25-22(30)18-8-6-4-5-7-9-18/h17-20H,3-16H2,1-2H3,(H,25,30)(H,26,31)/t19-,20-/m1/s1. The number of amides is 2. The molecule has 0 radical (unpaired) electrons. The summed E-state index contributed by atoms with van der Waals surface area (Å²) < 4.78 is 10.6. The Bertz CT molecular complexity index is 720. The smallest absolute Gasteiger partial charge is 0.309 e. The highest BCUT2D eigenvalue weighted by Gasteiger charge is 2.37. The van der Waals surface area contributed by atoms with Crippen molar-refractivity contribution in [1.29, 1.82) is 0 Å². The second kappa shape index (κ2) is 14.0. The number of amidine groups is 1. The Kier molecular flexibility index (Phi) is 11.1. The van der Waals surface area contributed by atoms with Gasteiger partial charge >= 0.3 is 5.91 Å². The molecular weight excluding hydrogens is 456 g/mol. The van der Waals surface area contributed by atoms with Gasteiger partial charge in [-0.2, -0.15) is 0 Å². The van der Waals surface area contributed by atoms with Crippen molar-refractivity contribution in [3.05, 3.63) is 0 Å². The van der Waals surface area contributed by atoms with Crippen LogP contribution < -0.4 is 10.7 Å². The number of thioether (sulfide) groups is 1. The van der Waals surface area contributed by atoms with Gasteiger partial charge in [-0.15, -0.1) is 5.10 Å². The number of nitrogens with one attached hydrogen (secondary N) is 2. The first kappa shape index (κ1) is 26.9. The molecule has 192 valence electrons. The van der Waals surface area contributed by atoms with Crippen LogP contribution in [0.25, 0.3) is 0 Å². The average molecular weight is 497 g/mol. The van der Waals surface area contributed by atoms with E-state index < -0.39 is 17.7 Å². The second-order valence-electron chi connectivity index (χ2n) is 9.38. The zero-order valence-corrected chi connectivity index (χ0v) is 21.4. The molecule has 10 heteroatoms. The van der Waals surface area contributed by atoms with Crippen LogP contribution in [0.1, 0.15) is 64.7 Å². The maximum atomic E-state index is 13.2. The Morgan fingerprint density at radius 3 is 2.50 bits per heavy atom. The van der Waals surface area contributed by atoms with Crippen LogP contribution in [0.5, 0.6) is 0 Å². The molecule has 0 aromatic heterocycles. The van der Waals surface area contributed by atoms with E-state index in [1.807, 2.05) is 0 Å². The van der Waals surface area contributed by atoms with Crippen molar-refractivity contribution in [2.45, 2.75) is 76.8 Å². The highest BCUT2D eigenvalue weighted by Crippen LogP contribution is 2.26. The summed E-state index contributed by atoms with van der Waals surface area (Å²) >= 11 is 1.56. The molecular formula is C24H40N4O5S. The summed E-state index contributed by atoms with van der Waals surface area (Å²) in [7, 11) is 1.65. The Morgan fingerprint density at radius 2 is 1.85 bits per heavy atom. The number of carbonyl (C=O) groups is 3. The van der Waals surface area contributed by atoms with E-state index in [1.54, 1.807) is 18.9 Å². The van der Waals surface area contributed by atoms with Crippen LogP contribution in [0.3, 0.4) is 0 Å². The fourth-order valence-electron chi connectivity index (χ4n) is 4.96. The first-order valence-electron chi connectivity index (χ1n) is 12.7. The number of Topliss-reactive ketones (excluding diaryl/α,β-unsaturated/α-hetero) is 1. The van der Waals surface area contributed by atoms with Gasteiger partial charge in [0, 0.05) is 44.6 Å². The molecule has 0 spiro atoms. The predicted molar refractivity (Wildman–Crippen MR) is 132 cm³/mol. The summed E-state index contributed by atoms with van der Waals surface area (Å²) in [5.74, 6) is -0.831. The van der Waals surface area contributed by atoms with E-state index in [0.29, 0.717) is 50.4 Å². The van der Waals surface area contributed by atoms with Gasteiger partial charge in [0.15, 0.2) is 5.17 Å². The van der Waals surface area contributed by atoms with Crippen LogP contribution >= 0.6 is 11.8 Å². The monoisotopic (exact) mass is 496 g/mol. The van der Waals surface area contributed by atoms with Gasteiger partial charge in [-0.1, -0.05) is 44.4 Å². The lowest BCUT2D eigenvalue weighted by molar-refractivity contribution is -0.142. The van der Waals surface area contributed by atoms with Crippen molar-refractivity contribution in [2.24, 2.45) is 16.9 Å². The van der Waals surface area contributed by atoms with E-state index in [0.717, 1.165) is 50.7 Å². The van der Waals surface area contributed by atoms with Gasteiger partial charge in [0.25, 0.3) is 0 Å². The number of nitrogens with zero attached hydrogens (tertiary/aromatic N) is 2. The lowest BCUT2D eigenvalue weighted by Gasteiger charge is -2.30. The molecule has 3 aliphatic rings. The van der Waals surface area contributed by atoms with Crippen LogP contribution in [0, 0.1) is 11.8 Å². The Balaban J connectivity index is 1.66. The third kappa shape index (κ3) is 7.42. The van der Waals surface area contributed by atoms with Crippen molar-refractivity contribution in [3.8, 4) is 0 Å². The molecule has 9 nitrogen and oxygen atoms in total. The molecule has 3 fully saturated rings. The van der Waals surface area contributed by atoms with E-state index in [1.165, 1.54) is 0 Å². The van der Waals surface area contributed by atoms with Crippen LogP contribution in [-0.4, -0.2) is 79.0 Å². The number of methoxy groups -OCH3 is 1. The third-order valence-electron chi connectivity index (χ3n) is 7.12. The average Bonchev–Trinajstić information content (AvgIpc) is 3.05. The minimum absolute atomic E-state index is 0.0869. The van der Waals surface area contributed by atoms with E-state index in [-0.39, 0.29) is 17.7 Å². The molecule has 3 rings (SSSR count). The maximum absolute atomic E-state index is 13.2. The normalized spacial score (nSPS) is 24.6. The third-order valence-corrected chi connectivity index (χ3v) is 8.25. The lowest BCUT2D eigenvalue weighted by atomic mass is 9.87. The molecule has 2 N–H and O–H groups in total. The topological polar surface area (TPSA) is 109 Å². The predicted octanol–water partition coefficient (Wildman–Crippen LogP) is 2.30. The summed E-state index contributed by atoms with van der Waals surface area (Å²) in [6.45, 7) is 4.41. The zero-order valence-electron chi connectivity index (χ0n) is 20.6. The summed E-state index contributed by atoms with van der Waals surface area (Å²) in [5.41, 5.74) is 2.47. The molecule has 0 unspecified atom stereocenters. The number of hydrogen-bond acceptors (Lipinski definition) is 7. The molecule has 2 saturated heterocycles. The maximum Gasteiger partial charge on any atom is 0.309 e. The van der Waals surface area contributed by atoms with Gasteiger partial charge in [-0.05, 0) is 38.0 Å². The minimum Gasteiger partial charge on any atom is -0.383 e. The fourth-order valence-corrected chi connectivity index (χ4v) is 6.23. The van der Waals surface area contributed by atoms with Gasteiger partial charge in [0.05, 0.1) is 6.61 Å². The number of hydrogen-bond donors (Lipinski definition) is 2. The second-order valence-corrected chi connectivity index (χ2v) is 10.4. The van der Waals surface area contributed by atoms with Gasteiger partial charge in [0.2, 0.25) is 11.7 Å². The molecule has 0 bridgehead atoms. The molecule has 2 aliphatic heterocycles. The van der Waals surface area contributed by atoms with Crippen LogP contribution in [0.15, 0.2) is 5.10 Å². The summed E-state index contributed by atoms with van der Waals surface area (Å²) in [5, 5.41) is 7.93. The fraction of sp³-hybridized carbons (Fsp3) is 0.833. The number of ether oxygens (including phenoxy) is 2. The number of carbonyl (C=O) groups excluding carboxylic acids is 3. The molecule has 1 aliphatic carbocycles. The Morgan fingerprint density at radius 1 is 1.15 bits per heavy atom. The molecule has 0 aromatic rings. The van der Waals surface area contributed by atoms with Crippen LogP contribution in [-0.2, 0) is 23.9 Å². The largest absolute Gasteiger partial charge is 0.383 e. The Hall–Kier alpha value is -1.65. The summed E-state index contributed by atoms with van der Waals surface area (Å²) in [6, 6.07) is -0.524. The molecule has 2 heterocycles. The van der Waals surface area contributed by atoms with E-state index in [2.05, 4.69) is 27.7 Å². The van der Waals surface area contributed by atoms with Crippen molar-refractivity contribution in [2.75, 3.05) is 39.2 Å². The first-order chi connectivity index (χ1) is 16.5. The molecule has 0 aromatic carbocycles. The lowest BCUT2D eigenvalue weighted by Crippen LogP contribution is -2.53. The molecule has 1 saturated carbocycles. The molecule has 2 amide bonds. The van der Waals surface area contributed by atoms with E-state index >= 15 is 0 Å². The highest BCUT2D eigenvalue weighted by molar-refractivity contribution is 8.14. The molecule has 2 atom stereocenters. The van der Waals surface area contributed by atoms with E-state index in [4.69, 9.17) is 9.47 Å². The van der Waals surface area contributed by atoms with Crippen LogP contribution in [0.2, 0.25) is 0 Å². The van der Waals surface area contributed by atoms with Gasteiger partial charge in [-0.25, -0.2) is 5.43 Å². The summed E-state index contributed by atoms with van der Waals surface area (Å²) in [4.78, 5) is 41.2. The van der Waals surface area contributed by atoms with E-state index in [9.17, 15) is 14.4 Å². The molecule has 34 heavy (non-hydrogen) atoms. The first-order valence-corrected chi connectivity index (χ1v) is 13.7. The van der Waals surface area contributed by atoms with Gasteiger partial charge in [-0.3, -0.25) is 14.4 Å². The Labute approximate surface area is 207 Å².